The summed E-state index contributed by atoms with van der Waals surface area (Å²) in [6.07, 6.45) is 47.3. The Morgan fingerprint density at radius 3 is 1.20 bits per heavy atom. The lowest BCUT2D eigenvalue weighted by Crippen LogP contribution is -2.66. The molecule has 532 valence electrons. The van der Waals surface area contributed by atoms with Crippen molar-refractivity contribution in [1.29, 1.82) is 0 Å². The van der Waals surface area contributed by atoms with Gasteiger partial charge in [0, 0.05) is 6.42 Å². The number of hydrogen-bond acceptors (Lipinski definition) is 18. The fourth-order valence-electron chi connectivity index (χ4n) is 11.0. The lowest BCUT2D eigenvalue weighted by Gasteiger charge is -2.48. The Hall–Kier alpha value is -3.81. The number of nitrogens with one attached hydrogen (secondary N) is 1. The van der Waals surface area contributed by atoms with Gasteiger partial charge in [-0.05, 0) is 103 Å². The van der Waals surface area contributed by atoms with E-state index in [4.69, 9.17) is 28.4 Å². The lowest BCUT2D eigenvalue weighted by atomic mass is 9.96. The highest BCUT2D eigenvalue weighted by Gasteiger charge is 2.53. The highest BCUT2D eigenvalue weighted by Crippen LogP contribution is 2.33. The number of rotatable bonds is 52. The van der Waals surface area contributed by atoms with Gasteiger partial charge in [0.05, 0.1) is 38.6 Å². The van der Waals surface area contributed by atoms with Crippen LogP contribution in [0.15, 0.2) is 122 Å². The zero-order valence-electron chi connectivity index (χ0n) is 56.2. The summed E-state index contributed by atoms with van der Waals surface area (Å²) in [5, 5.41) is 121. The molecule has 93 heavy (non-hydrogen) atoms. The zero-order valence-corrected chi connectivity index (χ0v) is 56.2. The molecule has 0 aliphatic carbocycles. The van der Waals surface area contributed by atoms with Crippen molar-refractivity contribution in [3.63, 3.8) is 0 Å². The van der Waals surface area contributed by atoms with Crippen LogP contribution in [0, 0.1) is 0 Å². The molecule has 0 aromatic rings. The summed E-state index contributed by atoms with van der Waals surface area (Å²) in [6, 6.07) is -1.02. The van der Waals surface area contributed by atoms with Crippen molar-refractivity contribution in [2.75, 3.05) is 26.4 Å². The number of unbranched alkanes of at least 4 members (excludes halogenated alkanes) is 18. The normalized spacial score (nSPS) is 28.3. The molecule has 19 heteroatoms. The van der Waals surface area contributed by atoms with Gasteiger partial charge >= 0.3 is 0 Å². The highest BCUT2D eigenvalue weighted by molar-refractivity contribution is 5.76. The quantitative estimate of drug-likeness (QED) is 0.0199. The average molecular weight is 1310 g/mol. The topological polar surface area (TPSA) is 307 Å². The first kappa shape index (κ1) is 83.4. The van der Waals surface area contributed by atoms with Crippen molar-refractivity contribution in [3.05, 3.63) is 122 Å². The fourth-order valence-corrected chi connectivity index (χ4v) is 11.0. The lowest BCUT2D eigenvalue weighted by molar-refractivity contribution is -0.379. The Balaban J connectivity index is 1.47. The molecule has 3 heterocycles. The summed E-state index contributed by atoms with van der Waals surface area (Å²) in [4.78, 5) is 13.4. The number of hydrogen-bond donors (Lipinski definition) is 12. The molecule has 17 atom stereocenters. The van der Waals surface area contributed by atoms with E-state index >= 15 is 0 Å². The number of aliphatic hydroxyl groups is 11. The van der Waals surface area contributed by atoms with Gasteiger partial charge in [-0.1, -0.05) is 219 Å². The second-order valence-electron chi connectivity index (χ2n) is 24.6. The number of carbonyl (C=O) groups is 1. The first-order chi connectivity index (χ1) is 45.3. The molecule has 0 radical (unpaired) electrons. The van der Waals surface area contributed by atoms with Crippen LogP contribution >= 0.6 is 0 Å². The molecule has 3 rings (SSSR count). The van der Waals surface area contributed by atoms with Crippen LogP contribution in [-0.2, 0) is 33.2 Å². The van der Waals surface area contributed by atoms with Crippen molar-refractivity contribution in [2.24, 2.45) is 0 Å². The molecule has 0 aromatic carbocycles. The number of amides is 1. The molecular weight excluding hydrogens is 1190 g/mol. The van der Waals surface area contributed by atoms with Crippen molar-refractivity contribution < 1.29 is 89.4 Å². The van der Waals surface area contributed by atoms with Gasteiger partial charge in [0.25, 0.3) is 0 Å². The molecule has 12 N–H and O–H groups in total. The number of carbonyl (C=O) groups excluding carboxylic acids is 1. The van der Waals surface area contributed by atoms with Crippen molar-refractivity contribution in [3.8, 4) is 0 Å². The fraction of sp³-hybridized carbons (Fsp3) is 0.716. The van der Waals surface area contributed by atoms with Crippen LogP contribution in [0.2, 0.25) is 0 Å². The van der Waals surface area contributed by atoms with Crippen molar-refractivity contribution in [1.82, 2.24) is 5.32 Å². The van der Waals surface area contributed by atoms with Crippen LogP contribution in [-0.4, -0.2) is 193 Å². The van der Waals surface area contributed by atoms with Gasteiger partial charge in [0.2, 0.25) is 5.91 Å². The van der Waals surface area contributed by atoms with Crippen molar-refractivity contribution in [2.45, 2.75) is 311 Å². The van der Waals surface area contributed by atoms with E-state index in [1.54, 1.807) is 6.08 Å². The maximum absolute atomic E-state index is 13.4. The molecule has 0 saturated carbocycles. The van der Waals surface area contributed by atoms with E-state index in [-0.39, 0.29) is 18.9 Å². The van der Waals surface area contributed by atoms with E-state index in [0.29, 0.717) is 12.8 Å². The number of allylic oxidation sites excluding steroid dienone is 19. The van der Waals surface area contributed by atoms with E-state index in [9.17, 15) is 61.0 Å². The molecular formula is C74H123NO18. The van der Waals surface area contributed by atoms with Gasteiger partial charge < -0.3 is 89.9 Å². The number of ether oxygens (including phenoxy) is 6. The first-order valence-electron chi connectivity index (χ1n) is 35.3. The molecule has 17 unspecified atom stereocenters. The monoisotopic (exact) mass is 1310 g/mol. The third kappa shape index (κ3) is 35.8. The second-order valence-corrected chi connectivity index (χ2v) is 24.6. The van der Waals surface area contributed by atoms with Gasteiger partial charge in [-0.15, -0.1) is 0 Å². The van der Waals surface area contributed by atoms with Crippen LogP contribution < -0.4 is 5.32 Å². The Morgan fingerprint density at radius 1 is 0.398 bits per heavy atom. The highest BCUT2D eigenvalue weighted by atomic mass is 16.8. The Kier molecular flexibility index (Phi) is 48.6. The molecule has 0 bridgehead atoms. The predicted molar refractivity (Wildman–Crippen MR) is 364 cm³/mol. The van der Waals surface area contributed by atoms with E-state index in [2.05, 4.69) is 129 Å². The maximum atomic E-state index is 13.4. The molecule has 3 aliphatic rings. The SMILES string of the molecule is CC/C=C\C/C=C\C/C=C\C/C=C\C/C=C\C/C=C\C/C=C\CCCCCCCC(=O)NC(COC1OC(CO)C(OC2OC(CO)C(OC3OC(CO)C(O)C(O)C3O)C(O)C2O)C(O)C1O)C(O)/C=C/CC/C=C/CC/C=C/CCCCCCCCCCCCC. The minimum atomic E-state index is -1.99. The predicted octanol–water partition coefficient (Wildman–Crippen LogP) is 9.60. The summed E-state index contributed by atoms with van der Waals surface area (Å²) >= 11 is 0. The Bertz CT molecular complexity index is 2160. The van der Waals surface area contributed by atoms with Gasteiger partial charge in [0.15, 0.2) is 18.9 Å². The third-order valence-corrected chi connectivity index (χ3v) is 16.7. The summed E-state index contributed by atoms with van der Waals surface area (Å²) in [7, 11) is 0. The molecule has 3 fully saturated rings. The first-order valence-corrected chi connectivity index (χ1v) is 35.3. The van der Waals surface area contributed by atoms with Gasteiger partial charge in [0.1, 0.15) is 73.2 Å². The summed E-state index contributed by atoms with van der Waals surface area (Å²) in [5.41, 5.74) is 0. The van der Waals surface area contributed by atoms with E-state index in [0.717, 1.165) is 103 Å². The van der Waals surface area contributed by atoms with Crippen LogP contribution in [0.3, 0.4) is 0 Å². The standard InChI is InChI=1S/C74H123NO18/c1-3-5-7-9-11-13-15-17-19-21-23-25-26-27-28-29-30-32-34-36-38-40-42-44-46-48-50-52-62(80)75-57(58(79)51-49-47-45-43-41-39-37-35-33-31-24-22-20-18-16-14-12-10-8-6-4-2)56-88-72-68(86)65(83)70(60(54-77)90-72)93-74-69(87)66(84)71(61(55-78)91-74)92-73-67(85)64(82)63(81)59(53-76)89-73/h5,7,11,13,17,19,23,25,27-28,30,32-33,35-36,38,41,43,49,51,57-61,63-74,76-79,81-87H,3-4,6,8-10,12,14-16,18,20-22,24,26,29,31,34,37,39-40,42,44-48,50,52-56H2,1-2H3,(H,75,80)/b7-5-,13-11-,19-17-,25-23-,28-27-,32-30-,35-33+,38-36-,43-41+,51-49+. The Labute approximate surface area is 557 Å². The Morgan fingerprint density at radius 2 is 0.753 bits per heavy atom. The van der Waals surface area contributed by atoms with Gasteiger partial charge in [-0.2, -0.15) is 0 Å². The van der Waals surface area contributed by atoms with Crippen LogP contribution in [0.4, 0.5) is 0 Å². The molecule has 19 nitrogen and oxygen atoms in total. The zero-order chi connectivity index (χ0) is 67.5. The summed E-state index contributed by atoms with van der Waals surface area (Å²) in [5.74, 6) is -0.314. The van der Waals surface area contributed by atoms with Crippen molar-refractivity contribution >= 4 is 5.91 Å². The number of aliphatic hydroxyl groups excluding tert-OH is 11. The van der Waals surface area contributed by atoms with Gasteiger partial charge in [-0.25, -0.2) is 0 Å². The minimum Gasteiger partial charge on any atom is -0.394 e. The van der Waals surface area contributed by atoms with E-state index in [1.807, 2.05) is 6.08 Å². The van der Waals surface area contributed by atoms with Crippen LogP contribution in [0.5, 0.6) is 0 Å². The van der Waals surface area contributed by atoms with Gasteiger partial charge in [-0.3, -0.25) is 4.79 Å². The summed E-state index contributed by atoms with van der Waals surface area (Å²) in [6.45, 7) is 1.56. The third-order valence-electron chi connectivity index (χ3n) is 16.7. The molecule has 3 aliphatic heterocycles. The summed E-state index contributed by atoms with van der Waals surface area (Å²) < 4.78 is 34.3. The molecule has 0 aromatic heterocycles. The largest absolute Gasteiger partial charge is 0.394 e. The van der Waals surface area contributed by atoms with E-state index in [1.165, 1.54) is 70.6 Å². The van der Waals surface area contributed by atoms with Crippen LogP contribution in [0.1, 0.15) is 206 Å². The molecule has 0 spiro atoms. The van der Waals surface area contributed by atoms with E-state index < -0.39 is 124 Å². The molecule has 1 amide bonds. The second kappa shape index (κ2) is 54.2. The minimum absolute atomic E-state index is 0.201. The average Bonchev–Trinajstić information content (AvgIpc) is 0.902. The maximum Gasteiger partial charge on any atom is 0.220 e. The van der Waals surface area contributed by atoms with Crippen LogP contribution in [0.25, 0.3) is 0 Å². The smallest absolute Gasteiger partial charge is 0.220 e. The molecule has 3 saturated heterocycles.